The zero-order valence-corrected chi connectivity index (χ0v) is 13.7. The predicted octanol–water partition coefficient (Wildman–Crippen LogP) is 2.42. The topological polar surface area (TPSA) is 58.4 Å². The number of nitrogens with zero attached hydrogens (tertiary/aromatic N) is 3. The lowest BCUT2D eigenvalue weighted by Gasteiger charge is -2.36. The Labute approximate surface area is 146 Å². The minimum Gasteiger partial charge on any atom is -0.389 e. The maximum atomic E-state index is 12.6. The summed E-state index contributed by atoms with van der Waals surface area (Å²) in [6, 6.07) is 17.7. The smallest absolute Gasteiger partial charge is 0.254 e. The Morgan fingerprint density at radius 3 is 2.52 bits per heavy atom. The third-order valence-electron chi connectivity index (χ3n) is 4.48. The summed E-state index contributed by atoms with van der Waals surface area (Å²) >= 11 is 0. The molecule has 0 bridgehead atoms. The molecule has 1 aliphatic heterocycles. The molecule has 1 amide bonds. The van der Waals surface area contributed by atoms with Crippen LogP contribution in [0.25, 0.3) is 11.1 Å². The van der Waals surface area contributed by atoms with Gasteiger partial charge in [0.05, 0.1) is 12.6 Å². The maximum absolute atomic E-state index is 12.6. The Morgan fingerprint density at radius 2 is 1.84 bits per heavy atom. The highest BCUT2D eigenvalue weighted by Crippen LogP contribution is 2.26. The molecule has 1 N–H and O–H groups in total. The lowest BCUT2D eigenvalue weighted by atomic mass is 9.97. The van der Waals surface area contributed by atoms with Gasteiger partial charge in [0.2, 0.25) is 0 Å². The van der Waals surface area contributed by atoms with Gasteiger partial charge in [-0.25, -0.2) is 0 Å². The molecule has 0 aliphatic carbocycles. The van der Waals surface area contributed by atoms with E-state index in [2.05, 4.69) is 17.2 Å². The minimum absolute atomic E-state index is 0.0264. The summed E-state index contributed by atoms with van der Waals surface area (Å²) in [4.78, 5) is 14.3. The Hall–Kier alpha value is -2.92. The zero-order valence-electron chi connectivity index (χ0n) is 13.7. The van der Waals surface area contributed by atoms with Crippen molar-refractivity contribution >= 4 is 5.91 Å². The number of rotatable bonds is 4. The van der Waals surface area contributed by atoms with Crippen LogP contribution < -0.4 is 0 Å². The number of β-amino-alcohol motifs (C(OH)–C–C–N with tert-alkyl or cyclic N) is 1. The fourth-order valence-electron chi connectivity index (χ4n) is 3.08. The quantitative estimate of drug-likeness (QED) is 0.798. The summed E-state index contributed by atoms with van der Waals surface area (Å²) in [7, 11) is 0. The molecule has 0 saturated carbocycles. The van der Waals surface area contributed by atoms with Crippen LogP contribution in [-0.4, -0.2) is 44.9 Å². The van der Waals surface area contributed by atoms with Gasteiger partial charge < -0.3 is 10.0 Å². The van der Waals surface area contributed by atoms with E-state index in [0.29, 0.717) is 18.7 Å². The Balaban J connectivity index is 1.58. The Morgan fingerprint density at radius 1 is 1.08 bits per heavy atom. The van der Waals surface area contributed by atoms with Gasteiger partial charge in [0.1, 0.15) is 0 Å². The van der Waals surface area contributed by atoms with Crippen LogP contribution in [0.3, 0.4) is 0 Å². The van der Waals surface area contributed by atoms with Gasteiger partial charge in [-0.2, -0.15) is 5.10 Å². The molecule has 25 heavy (non-hydrogen) atoms. The van der Waals surface area contributed by atoms with Gasteiger partial charge >= 0.3 is 0 Å². The Bertz CT molecular complexity index is 866. The van der Waals surface area contributed by atoms with Crippen molar-refractivity contribution < 1.29 is 9.90 Å². The second-order valence-corrected chi connectivity index (χ2v) is 6.31. The van der Waals surface area contributed by atoms with E-state index in [4.69, 9.17) is 0 Å². The van der Waals surface area contributed by atoms with Crippen LogP contribution in [0.15, 0.2) is 67.0 Å². The average molecular weight is 333 g/mol. The summed E-state index contributed by atoms with van der Waals surface area (Å²) < 4.78 is 1.88. The summed E-state index contributed by atoms with van der Waals surface area (Å²) in [5.74, 6) is -0.0264. The highest BCUT2D eigenvalue weighted by molar-refractivity contribution is 6.01. The number of carbonyl (C=O) groups excluding carboxylic acids is 1. The standard InChI is InChI=1S/C20H19N3O2/c24-17-13-22(14-17)20(25)19-5-2-1-4-18(19)16-8-6-15(7-9-16)12-23-11-3-10-21-23/h1-11,17,24H,12-14H2. The van der Waals surface area contributed by atoms with Gasteiger partial charge in [-0.3, -0.25) is 9.48 Å². The lowest BCUT2D eigenvalue weighted by Crippen LogP contribution is -2.53. The largest absolute Gasteiger partial charge is 0.389 e. The SMILES string of the molecule is O=C(c1ccccc1-c1ccc(Cn2cccn2)cc1)N1CC(O)C1. The molecule has 0 unspecified atom stereocenters. The lowest BCUT2D eigenvalue weighted by molar-refractivity contribution is 0.00595. The maximum Gasteiger partial charge on any atom is 0.254 e. The van der Waals surface area contributed by atoms with Crippen molar-refractivity contribution in [3.8, 4) is 11.1 Å². The van der Waals surface area contributed by atoms with E-state index >= 15 is 0 Å². The third kappa shape index (κ3) is 3.19. The first-order valence-corrected chi connectivity index (χ1v) is 8.34. The molecule has 5 heteroatoms. The van der Waals surface area contributed by atoms with Crippen molar-refractivity contribution in [1.29, 1.82) is 0 Å². The van der Waals surface area contributed by atoms with Crippen LogP contribution in [0.5, 0.6) is 0 Å². The van der Waals surface area contributed by atoms with Crippen molar-refractivity contribution in [3.05, 3.63) is 78.1 Å². The van der Waals surface area contributed by atoms with E-state index < -0.39 is 6.10 Å². The second-order valence-electron chi connectivity index (χ2n) is 6.31. The molecule has 2 aromatic carbocycles. The minimum atomic E-state index is -0.391. The molecule has 4 rings (SSSR count). The molecular formula is C20H19N3O2. The van der Waals surface area contributed by atoms with Crippen molar-refractivity contribution in [2.75, 3.05) is 13.1 Å². The first-order valence-electron chi connectivity index (χ1n) is 8.34. The fraction of sp³-hybridized carbons (Fsp3) is 0.200. The van der Waals surface area contributed by atoms with Gasteiger partial charge in [-0.05, 0) is 28.8 Å². The predicted molar refractivity (Wildman–Crippen MR) is 95.1 cm³/mol. The zero-order chi connectivity index (χ0) is 17.2. The van der Waals surface area contributed by atoms with Crippen molar-refractivity contribution in [1.82, 2.24) is 14.7 Å². The van der Waals surface area contributed by atoms with Crippen molar-refractivity contribution in [2.45, 2.75) is 12.6 Å². The molecule has 1 fully saturated rings. The number of likely N-dealkylation sites (tertiary alicyclic amines) is 1. The number of carbonyl (C=O) groups is 1. The van der Waals surface area contributed by atoms with Gasteiger partial charge in [0, 0.05) is 31.0 Å². The molecule has 5 nitrogen and oxygen atoms in total. The van der Waals surface area contributed by atoms with Gasteiger partial charge in [-0.15, -0.1) is 0 Å². The van der Waals surface area contributed by atoms with E-state index in [0.717, 1.165) is 23.2 Å². The number of aromatic nitrogens is 2. The van der Waals surface area contributed by atoms with Crippen LogP contribution in [0.4, 0.5) is 0 Å². The summed E-state index contributed by atoms with van der Waals surface area (Å²) in [6.45, 7) is 1.55. The highest BCUT2D eigenvalue weighted by Gasteiger charge is 2.30. The number of aliphatic hydroxyl groups excluding tert-OH is 1. The van der Waals surface area contributed by atoms with E-state index in [1.54, 1.807) is 11.1 Å². The third-order valence-corrected chi connectivity index (χ3v) is 4.48. The first-order chi connectivity index (χ1) is 12.2. The van der Waals surface area contributed by atoms with E-state index in [9.17, 15) is 9.90 Å². The van der Waals surface area contributed by atoms with Gasteiger partial charge in [0.25, 0.3) is 5.91 Å². The summed E-state index contributed by atoms with van der Waals surface area (Å²) in [5, 5.41) is 13.7. The number of hydrogen-bond acceptors (Lipinski definition) is 3. The van der Waals surface area contributed by atoms with Crippen LogP contribution in [0.1, 0.15) is 15.9 Å². The second kappa shape index (κ2) is 6.53. The molecule has 0 spiro atoms. The number of benzene rings is 2. The van der Waals surface area contributed by atoms with E-state index in [1.807, 2.05) is 53.3 Å². The molecule has 1 aliphatic rings. The summed E-state index contributed by atoms with van der Waals surface area (Å²) in [5.41, 5.74) is 3.75. The van der Waals surface area contributed by atoms with Gasteiger partial charge in [-0.1, -0.05) is 42.5 Å². The van der Waals surface area contributed by atoms with E-state index in [1.165, 1.54) is 0 Å². The molecule has 3 aromatic rings. The fourth-order valence-corrected chi connectivity index (χ4v) is 3.08. The molecule has 0 radical (unpaired) electrons. The van der Waals surface area contributed by atoms with Gasteiger partial charge in [0.15, 0.2) is 0 Å². The summed E-state index contributed by atoms with van der Waals surface area (Å²) in [6.07, 6.45) is 3.31. The number of hydrogen-bond donors (Lipinski definition) is 1. The molecule has 0 atom stereocenters. The van der Waals surface area contributed by atoms with Crippen LogP contribution in [0, 0.1) is 0 Å². The molecule has 2 heterocycles. The average Bonchev–Trinajstić information content (AvgIpc) is 3.12. The van der Waals surface area contributed by atoms with Crippen molar-refractivity contribution in [2.24, 2.45) is 0 Å². The van der Waals surface area contributed by atoms with Crippen LogP contribution in [-0.2, 0) is 6.54 Å². The van der Waals surface area contributed by atoms with E-state index in [-0.39, 0.29) is 5.91 Å². The number of aliphatic hydroxyl groups is 1. The highest BCUT2D eigenvalue weighted by atomic mass is 16.3. The van der Waals surface area contributed by atoms with Crippen molar-refractivity contribution in [3.63, 3.8) is 0 Å². The molecular weight excluding hydrogens is 314 g/mol. The number of amides is 1. The molecule has 1 aromatic heterocycles. The van der Waals surface area contributed by atoms with Crippen LogP contribution in [0.2, 0.25) is 0 Å². The monoisotopic (exact) mass is 333 g/mol. The first kappa shape index (κ1) is 15.6. The normalized spacial score (nSPS) is 14.4. The van der Waals surface area contributed by atoms with Crippen LogP contribution >= 0.6 is 0 Å². The molecule has 126 valence electrons. The molecule has 1 saturated heterocycles. The Kier molecular flexibility index (Phi) is 4.07.